The first-order valence-electron chi connectivity index (χ1n) is 26.3. The van der Waals surface area contributed by atoms with Crippen molar-refractivity contribution in [1.82, 2.24) is 4.57 Å². The van der Waals surface area contributed by atoms with E-state index < -0.39 is 0 Å². The van der Waals surface area contributed by atoms with Crippen molar-refractivity contribution in [3.05, 3.63) is 276 Å². The predicted molar refractivity (Wildman–Crippen MR) is 309 cm³/mol. The first-order valence-corrected chi connectivity index (χ1v) is 26.3. The van der Waals surface area contributed by atoms with E-state index in [-0.39, 0.29) is 17.4 Å². The molecule has 1 aromatic heterocycles. The minimum Gasteiger partial charge on any atom is -0.333 e. The molecule has 2 heterocycles. The molecular weight excluding hydrogens is 881 g/mol. The molecule has 73 heavy (non-hydrogen) atoms. The van der Waals surface area contributed by atoms with Crippen molar-refractivity contribution in [1.29, 1.82) is 0 Å². The molecule has 2 nitrogen and oxygen atoms in total. The number of aromatic nitrogens is 1. The molecule has 0 amide bonds. The fourth-order valence-electron chi connectivity index (χ4n) is 13.0. The van der Waals surface area contributed by atoms with Crippen molar-refractivity contribution in [2.45, 2.75) is 56.9 Å². The fourth-order valence-corrected chi connectivity index (χ4v) is 13.0. The number of anilines is 1. The van der Waals surface area contributed by atoms with E-state index in [9.17, 15) is 0 Å². The Morgan fingerprint density at radius 2 is 1.22 bits per heavy atom. The number of fused-ring (bicyclic) bond motifs is 6. The molecule has 2 unspecified atom stereocenters. The topological polar surface area (TPSA) is 8.17 Å². The first-order chi connectivity index (χ1) is 36.0. The zero-order valence-electron chi connectivity index (χ0n) is 41.5. The SMILES string of the molecule is CC1(C)c2ccccc2-c2ccc(-c3c4cc(N5C(c6ccccc6)=CCC5c5ccccc5)ccc4c(-c4cccc5ccccc45)c4cc(-n5c(C6=CC=CCC6)ccc5C5C=CC=CC5)ccc34)cc21. The summed E-state index contributed by atoms with van der Waals surface area (Å²) < 4.78 is 2.59. The lowest BCUT2D eigenvalue weighted by atomic mass is 9.80. The van der Waals surface area contributed by atoms with Gasteiger partial charge in [-0.2, -0.15) is 0 Å². The summed E-state index contributed by atoms with van der Waals surface area (Å²) in [4.78, 5) is 2.61. The second-order valence-electron chi connectivity index (χ2n) is 20.9. The van der Waals surface area contributed by atoms with Crippen LogP contribution in [-0.2, 0) is 5.41 Å². The van der Waals surface area contributed by atoms with E-state index >= 15 is 0 Å². The third-order valence-electron chi connectivity index (χ3n) is 16.5. The van der Waals surface area contributed by atoms with Crippen LogP contribution in [0.2, 0.25) is 0 Å². The number of benzene rings is 9. The summed E-state index contributed by atoms with van der Waals surface area (Å²) in [7, 11) is 0. The standard InChI is InChI=1S/C71H56N2/c1-71(2)63-33-18-17-31-56(63)57-37-34-52(44-64(57)71)69-59-38-35-54(73-67(50-25-11-5-12-26-50)42-43-68(73)51-27-13-6-14-28-51)46-62(59)70(58-32-19-29-47-20-15-16-30-55(47)58)60-39-36-53(45-61(60)69)72-65(48-21-7-3-8-22-48)40-41-66(72)49-23-9-4-10-24-49/h3-13,15-25,27,29-40,42-46,50,66H,14,26,28,41H2,1-2H3. The summed E-state index contributed by atoms with van der Waals surface area (Å²) in [5.41, 5.74) is 20.5. The molecule has 3 aliphatic carbocycles. The molecule has 9 aromatic carbocycles. The van der Waals surface area contributed by atoms with Crippen molar-refractivity contribution in [3.63, 3.8) is 0 Å². The molecule has 0 N–H and O–H groups in total. The summed E-state index contributed by atoms with van der Waals surface area (Å²) in [6.45, 7) is 4.81. The Bertz CT molecular complexity index is 4000. The van der Waals surface area contributed by atoms with Crippen LogP contribution in [0.5, 0.6) is 0 Å². The van der Waals surface area contributed by atoms with Crippen molar-refractivity contribution in [2.24, 2.45) is 0 Å². The van der Waals surface area contributed by atoms with Gasteiger partial charge in [0.05, 0.1) is 6.04 Å². The normalized spacial score (nSPS) is 17.6. The fraction of sp³-hybridized carbons (Fsp3) is 0.127. The molecule has 0 bridgehead atoms. The Balaban J connectivity index is 1.09. The average molecular weight is 937 g/mol. The van der Waals surface area contributed by atoms with Crippen LogP contribution in [0.4, 0.5) is 5.69 Å². The summed E-state index contributed by atoms with van der Waals surface area (Å²) in [6.07, 6.45) is 22.4. The summed E-state index contributed by atoms with van der Waals surface area (Å²) >= 11 is 0. The van der Waals surface area contributed by atoms with Gasteiger partial charge in [-0.15, -0.1) is 0 Å². The largest absolute Gasteiger partial charge is 0.333 e. The lowest BCUT2D eigenvalue weighted by Gasteiger charge is -2.32. The quantitative estimate of drug-likeness (QED) is 0.138. The molecule has 4 aliphatic rings. The van der Waals surface area contributed by atoms with Gasteiger partial charge in [-0.1, -0.05) is 214 Å². The van der Waals surface area contributed by atoms with Gasteiger partial charge in [-0.25, -0.2) is 0 Å². The molecule has 350 valence electrons. The van der Waals surface area contributed by atoms with Crippen LogP contribution in [-0.4, -0.2) is 4.57 Å². The number of rotatable bonds is 8. The Kier molecular flexibility index (Phi) is 10.3. The van der Waals surface area contributed by atoms with Crippen molar-refractivity contribution >= 4 is 49.3 Å². The smallest absolute Gasteiger partial charge is 0.0626 e. The zero-order chi connectivity index (χ0) is 48.6. The lowest BCUT2D eigenvalue weighted by Crippen LogP contribution is -2.22. The van der Waals surface area contributed by atoms with Gasteiger partial charge in [0, 0.05) is 39.8 Å². The van der Waals surface area contributed by atoms with E-state index in [0.29, 0.717) is 0 Å². The van der Waals surface area contributed by atoms with E-state index in [2.05, 4.69) is 266 Å². The van der Waals surface area contributed by atoms with E-state index in [1.54, 1.807) is 0 Å². The van der Waals surface area contributed by atoms with Gasteiger partial charge < -0.3 is 9.47 Å². The highest BCUT2D eigenvalue weighted by atomic mass is 15.2. The molecule has 0 spiro atoms. The second-order valence-corrected chi connectivity index (χ2v) is 20.9. The number of nitrogens with zero attached hydrogens (tertiary/aromatic N) is 2. The monoisotopic (exact) mass is 936 g/mol. The summed E-state index contributed by atoms with van der Waals surface area (Å²) in [5.74, 6) is 0.274. The molecular formula is C71H56N2. The maximum absolute atomic E-state index is 2.61. The minimum atomic E-state index is -0.157. The highest BCUT2D eigenvalue weighted by Crippen LogP contribution is 2.53. The van der Waals surface area contributed by atoms with Crippen LogP contribution in [0.1, 0.15) is 85.1 Å². The third-order valence-corrected chi connectivity index (χ3v) is 16.5. The maximum Gasteiger partial charge on any atom is 0.0626 e. The van der Waals surface area contributed by atoms with Crippen LogP contribution < -0.4 is 4.90 Å². The molecule has 14 rings (SSSR count). The zero-order valence-corrected chi connectivity index (χ0v) is 41.5. The molecule has 0 radical (unpaired) electrons. The number of allylic oxidation sites excluding steroid dienone is 8. The van der Waals surface area contributed by atoms with Crippen LogP contribution in [0.3, 0.4) is 0 Å². The van der Waals surface area contributed by atoms with Gasteiger partial charge in [0.25, 0.3) is 0 Å². The lowest BCUT2D eigenvalue weighted by molar-refractivity contribution is 0.660. The number of hydrogen-bond donors (Lipinski definition) is 0. The first kappa shape index (κ1) is 43.3. The van der Waals surface area contributed by atoms with E-state index in [1.165, 1.54) is 122 Å². The Labute approximate surface area is 428 Å². The molecule has 10 aromatic rings. The second kappa shape index (κ2) is 17.4. The van der Waals surface area contributed by atoms with Gasteiger partial charge in [0.2, 0.25) is 0 Å². The van der Waals surface area contributed by atoms with Gasteiger partial charge >= 0.3 is 0 Å². The van der Waals surface area contributed by atoms with Crippen LogP contribution in [0.15, 0.2) is 243 Å². The summed E-state index contributed by atoms with van der Waals surface area (Å²) in [5, 5.41) is 7.49. The van der Waals surface area contributed by atoms with Gasteiger partial charge in [-0.3, -0.25) is 0 Å². The number of hydrogen-bond acceptors (Lipinski definition) is 1. The molecule has 0 saturated heterocycles. The Morgan fingerprint density at radius 3 is 2.05 bits per heavy atom. The molecule has 2 heteroatoms. The van der Waals surface area contributed by atoms with Gasteiger partial charge in [0.1, 0.15) is 0 Å². The maximum atomic E-state index is 2.61. The predicted octanol–water partition coefficient (Wildman–Crippen LogP) is 18.9. The van der Waals surface area contributed by atoms with Crippen molar-refractivity contribution in [3.8, 4) is 39.1 Å². The van der Waals surface area contributed by atoms with Crippen molar-refractivity contribution < 1.29 is 0 Å². The van der Waals surface area contributed by atoms with Gasteiger partial charge in [-0.05, 0) is 162 Å². The molecule has 0 saturated carbocycles. The van der Waals surface area contributed by atoms with Crippen molar-refractivity contribution in [2.75, 3.05) is 4.90 Å². The highest BCUT2D eigenvalue weighted by molar-refractivity contribution is 6.24. The van der Waals surface area contributed by atoms with Gasteiger partial charge in [0.15, 0.2) is 0 Å². The van der Waals surface area contributed by atoms with Crippen LogP contribution >= 0.6 is 0 Å². The molecule has 0 fully saturated rings. The Hall–Kier alpha value is -8.46. The Morgan fingerprint density at radius 1 is 0.493 bits per heavy atom. The summed E-state index contributed by atoms with van der Waals surface area (Å²) in [6, 6.07) is 74.0. The van der Waals surface area contributed by atoms with Crippen LogP contribution in [0, 0.1) is 0 Å². The average Bonchev–Trinajstić information content (AvgIpc) is 4.17. The van der Waals surface area contributed by atoms with E-state index in [4.69, 9.17) is 0 Å². The van der Waals surface area contributed by atoms with Crippen LogP contribution in [0.25, 0.3) is 82.7 Å². The molecule has 1 aliphatic heterocycles. The van der Waals surface area contributed by atoms with E-state index in [0.717, 1.165) is 25.7 Å². The van der Waals surface area contributed by atoms with E-state index in [1.807, 2.05) is 0 Å². The molecule has 2 atom stereocenters. The minimum absolute atomic E-state index is 0.145. The third kappa shape index (κ3) is 7.07. The highest BCUT2D eigenvalue weighted by Gasteiger charge is 2.36.